The molecule has 1 amide bonds. The molecule has 2 aromatic rings. The number of thioether (sulfide) groups is 1. The Morgan fingerprint density at radius 3 is 2.57 bits per heavy atom. The number of carbonyl (C=O) groups excluding carboxylic acids is 1. The molecule has 1 aromatic carbocycles. The molecule has 0 radical (unpaired) electrons. The number of aromatic nitrogens is 1. The van der Waals surface area contributed by atoms with Gasteiger partial charge in [-0.2, -0.15) is 13.2 Å². The molecule has 0 spiro atoms. The average Bonchev–Trinajstić information content (AvgIpc) is 2.75. The van der Waals surface area contributed by atoms with Crippen molar-refractivity contribution in [2.75, 3.05) is 33.1 Å². The molecule has 1 aliphatic rings. The summed E-state index contributed by atoms with van der Waals surface area (Å²) in [5.41, 5.74) is -0.341. The van der Waals surface area contributed by atoms with Crippen LogP contribution >= 0.6 is 11.8 Å². The number of likely N-dealkylation sites (tertiary alicyclic amines) is 1. The van der Waals surface area contributed by atoms with Gasteiger partial charge in [0.15, 0.2) is 6.29 Å². The maximum Gasteiger partial charge on any atom is 0.416 e. The lowest BCUT2D eigenvalue weighted by molar-refractivity contribution is -0.149. The third-order valence-electron chi connectivity index (χ3n) is 5.34. The van der Waals surface area contributed by atoms with Crippen molar-refractivity contribution in [2.45, 2.75) is 36.6 Å². The fourth-order valence-corrected chi connectivity index (χ4v) is 4.75. The number of ether oxygens (including phenoxy) is 2. The van der Waals surface area contributed by atoms with Gasteiger partial charge < -0.3 is 14.4 Å². The Kier molecular flexibility index (Phi) is 7.60. The predicted octanol–water partition coefficient (Wildman–Crippen LogP) is 4.59. The van der Waals surface area contributed by atoms with Crippen molar-refractivity contribution in [1.82, 2.24) is 9.88 Å². The van der Waals surface area contributed by atoms with Gasteiger partial charge in [0.2, 0.25) is 5.91 Å². The molecule has 2 heterocycles. The molecule has 1 aromatic heterocycles. The van der Waals surface area contributed by atoms with Crippen molar-refractivity contribution in [3.05, 3.63) is 36.0 Å². The van der Waals surface area contributed by atoms with Gasteiger partial charge in [-0.25, -0.2) is 0 Å². The number of fused-ring (bicyclic) bond motifs is 1. The summed E-state index contributed by atoms with van der Waals surface area (Å²) in [6.07, 6.45) is -1.36. The van der Waals surface area contributed by atoms with Crippen LogP contribution in [0.25, 0.3) is 10.9 Å². The molecule has 1 saturated heterocycles. The Hall–Kier alpha value is -1.84. The van der Waals surface area contributed by atoms with Crippen LogP contribution in [0.5, 0.6) is 0 Å². The number of carbonyl (C=O) groups is 1. The predicted molar refractivity (Wildman–Crippen MR) is 109 cm³/mol. The molecule has 0 unspecified atom stereocenters. The minimum atomic E-state index is -4.38. The number of rotatable bonds is 7. The van der Waals surface area contributed by atoms with Crippen LogP contribution in [0.3, 0.4) is 0 Å². The quantitative estimate of drug-likeness (QED) is 0.464. The number of benzene rings is 1. The molecule has 3 rings (SSSR count). The van der Waals surface area contributed by atoms with Crippen LogP contribution in [0.4, 0.5) is 13.2 Å². The molecule has 9 heteroatoms. The zero-order valence-electron chi connectivity index (χ0n) is 16.9. The number of halogens is 3. The van der Waals surface area contributed by atoms with Crippen LogP contribution < -0.4 is 0 Å². The first kappa shape index (κ1) is 22.8. The molecular formula is C21H25F3N2O3S. The normalized spacial score (nSPS) is 15.9. The fourth-order valence-electron chi connectivity index (χ4n) is 3.52. The van der Waals surface area contributed by atoms with Crippen LogP contribution in [0.1, 0.15) is 24.8 Å². The summed E-state index contributed by atoms with van der Waals surface area (Å²) >= 11 is 1.63. The second-order valence-corrected chi connectivity index (χ2v) is 8.34. The summed E-state index contributed by atoms with van der Waals surface area (Å²) in [5, 5.41) is 0.730. The summed E-state index contributed by atoms with van der Waals surface area (Å²) in [4.78, 5) is 19.2. The highest BCUT2D eigenvalue weighted by Gasteiger charge is 2.31. The SMILES string of the molecule is COC(CC(=O)N1CCC(CSc2ccnc3cc(C(F)(F)F)ccc23)CC1)OC. The van der Waals surface area contributed by atoms with E-state index in [1.165, 1.54) is 20.3 Å². The van der Waals surface area contributed by atoms with E-state index >= 15 is 0 Å². The molecule has 1 aliphatic heterocycles. The Morgan fingerprint density at radius 1 is 1.23 bits per heavy atom. The highest BCUT2D eigenvalue weighted by molar-refractivity contribution is 7.99. The van der Waals surface area contributed by atoms with Crippen LogP contribution in [0.15, 0.2) is 35.4 Å². The Labute approximate surface area is 177 Å². The molecule has 1 fully saturated rings. The van der Waals surface area contributed by atoms with E-state index in [9.17, 15) is 18.0 Å². The summed E-state index contributed by atoms with van der Waals surface area (Å²) in [6.45, 7) is 1.38. The van der Waals surface area contributed by atoms with Gasteiger partial charge in [0, 0.05) is 49.5 Å². The maximum absolute atomic E-state index is 12.9. The van der Waals surface area contributed by atoms with E-state index in [-0.39, 0.29) is 12.3 Å². The lowest BCUT2D eigenvalue weighted by Crippen LogP contribution is -2.40. The second kappa shape index (κ2) is 9.98. The number of piperidine rings is 1. The first-order valence-electron chi connectivity index (χ1n) is 9.74. The largest absolute Gasteiger partial charge is 0.416 e. The van der Waals surface area contributed by atoms with Crippen LogP contribution in [0, 0.1) is 5.92 Å². The van der Waals surface area contributed by atoms with Crippen molar-refractivity contribution >= 4 is 28.6 Å². The number of nitrogens with zero attached hydrogens (tertiary/aromatic N) is 2. The van der Waals surface area contributed by atoms with Crippen molar-refractivity contribution < 1.29 is 27.4 Å². The van der Waals surface area contributed by atoms with Gasteiger partial charge in [-0.15, -0.1) is 11.8 Å². The molecule has 0 N–H and O–H groups in total. The van der Waals surface area contributed by atoms with Gasteiger partial charge in [0.1, 0.15) is 0 Å². The van der Waals surface area contributed by atoms with E-state index < -0.39 is 18.0 Å². The van der Waals surface area contributed by atoms with Gasteiger partial charge >= 0.3 is 6.18 Å². The number of hydrogen-bond acceptors (Lipinski definition) is 5. The van der Waals surface area contributed by atoms with E-state index in [0.29, 0.717) is 24.5 Å². The van der Waals surface area contributed by atoms with Gasteiger partial charge in [0.25, 0.3) is 0 Å². The minimum Gasteiger partial charge on any atom is -0.355 e. The van der Waals surface area contributed by atoms with Gasteiger partial charge in [-0.05, 0) is 37.0 Å². The maximum atomic E-state index is 12.9. The zero-order valence-corrected chi connectivity index (χ0v) is 17.8. The Morgan fingerprint density at radius 2 is 1.93 bits per heavy atom. The Balaban J connectivity index is 1.56. The summed E-state index contributed by atoms with van der Waals surface area (Å²) in [5.74, 6) is 1.31. The number of pyridine rings is 1. The van der Waals surface area contributed by atoms with Gasteiger partial charge in [0.05, 0.1) is 17.5 Å². The summed E-state index contributed by atoms with van der Waals surface area (Å²) < 4.78 is 49.0. The van der Waals surface area contributed by atoms with Crippen molar-refractivity contribution in [1.29, 1.82) is 0 Å². The van der Waals surface area contributed by atoms with E-state index in [1.54, 1.807) is 18.0 Å². The number of hydrogen-bond donors (Lipinski definition) is 0. The van der Waals surface area contributed by atoms with E-state index in [2.05, 4.69) is 4.98 Å². The highest BCUT2D eigenvalue weighted by atomic mass is 32.2. The number of methoxy groups -OCH3 is 2. The third-order valence-corrected chi connectivity index (χ3v) is 6.64. The second-order valence-electron chi connectivity index (χ2n) is 7.28. The van der Waals surface area contributed by atoms with Crippen LogP contribution in [0.2, 0.25) is 0 Å². The lowest BCUT2D eigenvalue weighted by Gasteiger charge is -2.32. The first-order chi connectivity index (χ1) is 14.3. The Bertz CT molecular complexity index is 866. The van der Waals surface area contributed by atoms with Crippen molar-refractivity contribution in [3.63, 3.8) is 0 Å². The van der Waals surface area contributed by atoms with Crippen molar-refractivity contribution in [2.24, 2.45) is 5.92 Å². The van der Waals surface area contributed by atoms with E-state index in [0.717, 1.165) is 41.0 Å². The number of amides is 1. The smallest absolute Gasteiger partial charge is 0.355 e. The van der Waals surface area contributed by atoms with Crippen LogP contribution in [-0.2, 0) is 20.4 Å². The van der Waals surface area contributed by atoms with Crippen LogP contribution in [-0.4, -0.2) is 55.1 Å². The topological polar surface area (TPSA) is 51.7 Å². The molecule has 0 aliphatic carbocycles. The summed E-state index contributed by atoms with van der Waals surface area (Å²) in [6, 6.07) is 5.54. The highest BCUT2D eigenvalue weighted by Crippen LogP contribution is 2.35. The summed E-state index contributed by atoms with van der Waals surface area (Å²) in [7, 11) is 3.02. The third kappa shape index (κ3) is 5.65. The van der Waals surface area contributed by atoms with E-state index in [4.69, 9.17) is 9.47 Å². The molecule has 0 atom stereocenters. The van der Waals surface area contributed by atoms with E-state index in [1.807, 2.05) is 11.0 Å². The van der Waals surface area contributed by atoms with Crippen molar-refractivity contribution in [3.8, 4) is 0 Å². The molecule has 5 nitrogen and oxygen atoms in total. The average molecular weight is 443 g/mol. The monoisotopic (exact) mass is 442 g/mol. The van der Waals surface area contributed by atoms with Gasteiger partial charge in [-0.3, -0.25) is 9.78 Å². The first-order valence-corrected chi connectivity index (χ1v) is 10.7. The molecular weight excluding hydrogens is 417 g/mol. The van der Waals surface area contributed by atoms with Gasteiger partial charge in [-0.1, -0.05) is 6.07 Å². The standard InChI is InChI=1S/C21H25F3N2O3S/c1-28-20(29-2)12-19(27)26-9-6-14(7-10-26)13-30-18-5-8-25-17-11-15(21(22,23)24)3-4-16(17)18/h3-5,8,11,14,20H,6-7,9-10,12-13H2,1-2H3. The fraction of sp³-hybridized carbons (Fsp3) is 0.524. The minimum absolute atomic E-state index is 0.0235. The lowest BCUT2D eigenvalue weighted by atomic mass is 9.99. The molecule has 0 bridgehead atoms. The molecule has 30 heavy (non-hydrogen) atoms. The molecule has 0 saturated carbocycles. The molecule has 164 valence electrons. The number of alkyl halides is 3. The zero-order chi connectivity index (χ0) is 21.7.